The normalized spacial score (nSPS) is 9.55. The lowest BCUT2D eigenvalue weighted by Gasteiger charge is -1.95. The topological polar surface area (TPSA) is 56.0 Å². The molecule has 58 valence electrons. The van der Waals surface area contributed by atoms with Crippen LogP contribution in [0.4, 0.5) is 5.69 Å². The van der Waals surface area contributed by atoms with E-state index in [4.69, 9.17) is 0 Å². The highest BCUT2D eigenvalue weighted by molar-refractivity contribution is 5.36. The molecule has 0 amide bonds. The summed E-state index contributed by atoms with van der Waals surface area (Å²) in [7, 11) is 0. The highest BCUT2D eigenvalue weighted by Crippen LogP contribution is 2.15. The van der Waals surface area contributed by atoms with E-state index in [1.807, 2.05) is 6.92 Å². The Bertz CT molecular complexity index is 273. The van der Waals surface area contributed by atoms with Gasteiger partial charge in [0, 0.05) is 24.0 Å². The van der Waals surface area contributed by atoms with Crippen LogP contribution < -0.4 is 0 Å². The lowest BCUT2D eigenvalue weighted by atomic mass is 10.2. The maximum Gasteiger partial charge on any atom is 0.275 e. The van der Waals surface area contributed by atoms with Gasteiger partial charge in [-0.05, 0) is 6.42 Å². The van der Waals surface area contributed by atoms with Gasteiger partial charge in [0.05, 0.1) is 4.92 Å². The number of nitrogens with zero attached hydrogens (tertiary/aromatic N) is 2. The van der Waals surface area contributed by atoms with E-state index in [0.717, 1.165) is 0 Å². The number of hydrogen-bond acceptors (Lipinski definition) is 3. The second-order valence-corrected chi connectivity index (χ2v) is 2.12. The molecule has 0 unspecified atom stereocenters. The van der Waals surface area contributed by atoms with Crippen molar-refractivity contribution >= 4 is 5.69 Å². The van der Waals surface area contributed by atoms with Crippen LogP contribution in [0.15, 0.2) is 18.5 Å². The van der Waals surface area contributed by atoms with Crippen molar-refractivity contribution in [2.75, 3.05) is 0 Å². The Balaban J connectivity index is 3.12. The van der Waals surface area contributed by atoms with E-state index in [0.29, 0.717) is 12.0 Å². The third-order valence-electron chi connectivity index (χ3n) is 1.46. The Morgan fingerprint density at radius 1 is 1.73 bits per heavy atom. The summed E-state index contributed by atoms with van der Waals surface area (Å²) in [6.07, 6.45) is 3.60. The number of aromatic nitrogens is 1. The molecule has 1 aromatic heterocycles. The Labute approximate surface area is 64.0 Å². The van der Waals surface area contributed by atoms with Crippen LogP contribution in [0.25, 0.3) is 0 Å². The van der Waals surface area contributed by atoms with E-state index in [9.17, 15) is 10.1 Å². The van der Waals surface area contributed by atoms with Crippen molar-refractivity contribution in [3.05, 3.63) is 34.1 Å². The van der Waals surface area contributed by atoms with E-state index in [1.54, 1.807) is 0 Å². The molecule has 1 rings (SSSR count). The van der Waals surface area contributed by atoms with E-state index in [-0.39, 0.29) is 10.6 Å². The highest BCUT2D eigenvalue weighted by Gasteiger charge is 2.09. The van der Waals surface area contributed by atoms with E-state index < -0.39 is 0 Å². The molecule has 4 nitrogen and oxygen atoms in total. The van der Waals surface area contributed by atoms with Crippen LogP contribution in [0, 0.1) is 10.1 Å². The van der Waals surface area contributed by atoms with Gasteiger partial charge >= 0.3 is 0 Å². The molecule has 0 atom stereocenters. The third kappa shape index (κ3) is 1.52. The van der Waals surface area contributed by atoms with Crippen LogP contribution in [0.5, 0.6) is 0 Å². The van der Waals surface area contributed by atoms with Gasteiger partial charge in [0.25, 0.3) is 5.69 Å². The lowest BCUT2D eigenvalue weighted by Crippen LogP contribution is -1.94. The van der Waals surface area contributed by atoms with Gasteiger partial charge in [0.2, 0.25) is 0 Å². The summed E-state index contributed by atoms with van der Waals surface area (Å²) in [5.41, 5.74) is 0.833. The van der Waals surface area contributed by atoms with Crippen molar-refractivity contribution in [3.63, 3.8) is 0 Å². The third-order valence-corrected chi connectivity index (χ3v) is 1.46. The fraction of sp³-hybridized carbons (Fsp3) is 0.286. The summed E-state index contributed by atoms with van der Waals surface area (Å²) in [6.45, 7) is 1.87. The van der Waals surface area contributed by atoms with Gasteiger partial charge in [-0.1, -0.05) is 6.92 Å². The van der Waals surface area contributed by atoms with Gasteiger partial charge in [0.15, 0.2) is 0 Å². The zero-order chi connectivity index (χ0) is 8.27. The van der Waals surface area contributed by atoms with Crippen LogP contribution >= 0.6 is 0 Å². The Morgan fingerprint density at radius 3 is 2.91 bits per heavy atom. The monoisotopic (exact) mass is 152 g/mol. The fourth-order valence-corrected chi connectivity index (χ4v) is 0.870. The molecule has 0 N–H and O–H groups in total. The van der Waals surface area contributed by atoms with Gasteiger partial charge in [-0.15, -0.1) is 0 Å². The molecule has 1 aromatic rings. The zero-order valence-corrected chi connectivity index (χ0v) is 6.15. The minimum atomic E-state index is -0.388. The Hall–Kier alpha value is -1.45. The molecule has 0 aliphatic rings. The number of pyridine rings is 1. The van der Waals surface area contributed by atoms with Crippen LogP contribution in [0.1, 0.15) is 12.5 Å². The fourth-order valence-electron chi connectivity index (χ4n) is 0.870. The molecule has 0 aliphatic carbocycles. The highest BCUT2D eigenvalue weighted by atomic mass is 16.6. The standard InChI is InChI=1S/C7H8N2O2/c1-2-6-5-8-4-3-7(6)9(10)11/h3-5H,2H2,1H3. The molecule has 0 spiro atoms. The van der Waals surface area contributed by atoms with Crippen LogP contribution in [0.3, 0.4) is 0 Å². The minimum Gasteiger partial charge on any atom is -0.264 e. The first-order valence-electron chi connectivity index (χ1n) is 3.33. The number of nitro groups is 1. The predicted molar refractivity (Wildman–Crippen MR) is 40.3 cm³/mol. The van der Waals surface area contributed by atoms with E-state index in [2.05, 4.69) is 4.98 Å². The summed E-state index contributed by atoms with van der Waals surface area (Å²) >= 11 is 0. The molecule has 0 bridgehead atoms. The maximum atomic E-state index is 10.4. The second-order valence-electron chi connectivity index (χ2n) is 2.12. The summed E-state index contributed by atoms with van der Waals surface area (Å²) < 4.78 is 0. The molecule has 0 aliphatic heterocycles. The number of aryl methyl sites for hydroxylation is 1. The number of rotatable bonds is 2. The summed E-state index contributed by atoms with van der Waals surface area (Å²) in [5, 5.41) is 10.4. The molecule has 0 radical (unpaired) electrons. The average molecular weight is 152 g/mol. The van der Waals surface area contributed by atoms with Gasteiger partial charge in [-0.2, -0.15) is 0 Å². The molecule has 0 saturated heterocycles. The van der Waals surface area contributed by atoms with Crippen molar-refractivity contribution < 1.29 is 4.92 Å². The lowest BCUT2D eigenvalue weighted by molar-refractivity contribution is -0.385. The predicted octanol–water partition coefficient (Wildman–Crippen LogP) is 1.55. The number of hydrogen-bond donors (Lipinski definition) is 0. The largest absolute Gasteiger partial charge is 0.275 e. The SMILES string of the molecule is CCc1cnccc1[N+](=O)[O-]. The maximum absolute atomic E-state index is 10.4. The van der Waals surface area contributed by atoms with Gasteiger partial charge in [0.1, 0.15) is 0 Å². The summed E-state index contributed by atoms with van der Waals surface area (Å²) in [4.78, 5) is 13.8. The minimum absolute atomic E-state index is 0.155. The molecule has 11 heavy (non-hydrogen) atoms. The van der Waals surface area contributed by atoms with Gasteiger partial charge < -0.3 is 0 Å². The van der Waals surface area contributed by atoms with Gasteiger partial charge in [-0.3, -0.25) is 15.1 Å². The molecule has 0 saturated carbocycles. The molecular formula is C7H8N2O2. The quantitative estimate of drug-likeness (QED) is 0.477. The first-order chi connectivity index (χ1) is 5.25. The molecular weight excluding hydrogens is 144 g/mol. The first-order valence-corrected chi connectivity index (χ1v) is 3.33. The van der Waals surface area contributed by atoms with E-state index >= 15 is 0 Å². The smallest absolute Gasteiger partial charge is 0.264 e. The first kappa shape index (κ1) is 7.65. The van der Waals surface area contributed by atoms with Crippen LogP contribution in [-0.4, -0.2) is 9.91 Å². The average Bonchev–Trinajstić information content (AvgIpc) is 2.04. The Kier molecular flexibility index (Phi) is 2.15. The van der Waals surface area contributed by atoms with Crippen LogP contribution in [0.2, 0.25) is 0 Å². The van der Waals surface area contributed by atoms with Crippen LogP contribution in [-0.2, 0) is 6.42 Å². The summed E-state index contributed by atoms with van der Waals surface area (Å²) in [6, 6.07) is 1.42. The van der Waals surface area contributed by atoms with Crippen molar-refractivity contribution in [1.29, 1.82) is 0 Å². The Morgan fingerprint density at radius 2 is 2.45 bits per heavy atom. The van der Waals surface area contributed by atoms with Crippen molar-refractivity contribution in [3.8, 4) is 0 Å². The van der Waals surface area contributed by atoms with Crippen molar-refractivity contribution in [2.24, 2.45) is 0 Å². The second kappa shape index (κ2) is 3.09. The molecule has 4 heteroatoms. The summed E-state index contributed by atoms with van der Waals surface area (Å²) in [5.74, 6) is 0. The zero-order valence-electron chi connectivity index (χ0n) is 6.15. The molecule has 0 aromatic carbocycles. The molecule has 0 fully saturated rings. The van der Waals surface area contributed by atoms with Crippen molar-refractivity contribution in [2.45, 2.75) is 13.3 Å². The molecule has 1 heterocycles. The van der Waals surface area contributed by atoms with Crippen molar-refractivity contribution in [1.82, 2.24) is 4.98 Å². The van der Waals surface area contributed by atoms with E-state index in [1.165, 1.54) is 18.5 Å². The van der Waals surface area contributed by atoms with Gasteiger partial charge in [-0.25, -0.2) is 0 Å².